The molecule has 0 aliphatic rings. The van der Waals surface area contributed by atoms with E-state index in [1.807, 2.05) is 0 Å². The number of hydrogen-bond acceptors (Lipinski definition) is 5. The number of anilines is 1. The average molecular weight is 269 g/mol. The predicted molar refractivity (Wildman–Crippen MR) is 71.1 cm³/mol. The highest BCUT2D eigenvalue weighted by Gasteiger charge is 2.13. The number of nitrogens with two attached hydrogens (primary N) is 1. The lowest BCUT2D eigenvalue weighted by molar-refractivity contribution is -0.118. The van der Waals surface area contributed by atoms with Crippen LogP contribution < -0.4 is 16.6 Å². The third kappa shape index (κ3) is 4.82. The quantitative estimate of drug-likeness (QED) is 0.689. The smallest absolute Gasteiger partial charge is 0.250 e. The van der Waals surface area contributed by atoms with Crippen molar-refractivity contribution in [2.24, 2.45) is 5.73 Å². The fourth-order valence-corrected chi connectivity index (χ4v) is 1.46. The SMILES string of the molecule is COCCn1cc(NC(=O)C(N)COC)ccc1=O. The molecule has 0 spiro atoms. The summed E-state index contributed by atoms with van der Waals surface area (Å²) >= 11 is 0. The Morgan fingerprint density at radius 3 is 2.79 bits per heavy atom. The molecule has 1 aromatic heterocycles. The topological polar surface area (TPSA) is 95.6 Å². The van der Waals surface area contributed by atoms with Crippen molar-refractivity contribution in [1.29, 1.82) is 0 Å². The van der Waals surface area contributed by atoms with Gasteiger partial charge in [-0.2, -0.15) is 0 Å². The summed E-state index contributed by atoms with van der Waals surface area (Å²) in [7, 11) is 3.03. The van der Waals surface area contributed by atoms with Gasteiger partial charge in [0, 0.05) is 33.0 Å². The molecule has 0 aromatic carbocycles. The molecule has 0 saturated heterocycles. The number of pyridine rings is 1. The Labute approximate surface area is 111 Å². The van der Waals surface area contributed by atoms with E-state index in [9.17, 15) is 9.59 Å². The second-order valence-electron chi connectivity index (χ2n) is 3.99. The summed E-state index contributed by atoms with van der Waals surface area (Å²) in [6.07, 6.45) is 1.55. The minimum atomic E-state index is -0.746. The van der Waals surface area contributed by atoms with Gasteiger partial charge >= 0.3 is 0 Å². The number of ether oxygens (including phenoxy) is 2. The summed E-state index contributed by atoms with van der Waals surface area (Å²) in [5.74, 6) is -0.362. The second kappa shape index (κ2) is 7.67. The fraction of sp³-hybridized carbons (Fsp3) is 0.500. The highest BCUT2D eigenvalue weighted by atomic mass is 16.5. The van der Waals surface area contributed by atoms with Gasteiger partial charge in [0.1, 0.15) is 6.04 Å². The average Bonchev–Trinajstić information content (AvgIpc) is 2.39. The molecule has 1 heterocycles. The van der Waals surface area contributed by atoms with E-state index in [2.05, 4.69) is 5.32 Å². The Bertz CT molecular complexity index is 472. The van der Waals surface area contributed by atoms with Crippen molar-refractivity contribution in [1.82, 2.24) is 4.57 Å². The van der Waals surface area contributed by atoms with Gasteiger partial charge in [-0.15, -0.1) is 0 Å². The lowest BCUT2D eigenvalue weighted by atomic mass is 10.3. The molecule has 1 amide bonds. The number of carbonyl (C=O) groups excluding carboxylic acids is 1. The van der Waals surface area contributed by atoms with Crippen LogP contribution in [-0.4, -0.2) is 43.9 Å². The third-order valence-corrected chi connectivity index (χ3v) is 2.47. The van der Waals surface area contributed by atoms with Crippen LogP contribution in [0.1, 0.15) is 0 Å². The number of carbonyl (C=O) groups is 1. The van der Waals surface area contributed by atoms with Crippen LogP contribution in [-0.2, 0) is 20.8 Å². The van der Waals surface area contributed by atoms with E-state index in [0.717, 1.165) is 0 Å². The van der Waals surface area contributed by atoms with Gasteiger partial charge in [-0.3, -0.25) is 9.59 Å². The Balaban J connectivity index is 2.73. The lowest BCUT2D eigenvalue weighted by Crippen LogP contribution is -2.39. The molecule has 1 unspecified atom stereocenters. The predicted octanol–water partition coefficient (Wildman–Crippen LogP) is -0.593. The zero-order valence-electron chi connectivity index (χ0n) is 11.1. The molecule has 106 valence electrons. The number of amides is 1. The van der Waals surface area contributed by atoms with Gasteiger partial charge in [-0.1, -0.05) is 0 Å². The first kappa shape index (κ1) is 15.4. The summed E-state index contributed by atoms with van der Waals surface area (Å²) in [5.41, 5.74) is 5.95. The molecular weight excluding hydrogens is 250 g/mol. The van der Waals surface area contributed by atoms with Gasteiger partial charge in [0.25, 0.3) is 5.56 Å². The summed E-state index contributed by atoms with van der Waals surface area (Å²) in [4.78, 5) is 23.2. The minimum absolute atomic E-state index is 0.134. The van der Waals surface area contributed by atoms with Crippen molar-refractivity contribution in [3.8, 4) is 0 Å². The molecule has 19 heavy (non-hydrogen) atoms. The number of methoxy groups -OCH3 is 2. The van der Waals surface area contributed by atoms with E-state index < -0.39 is 6.04 Å². The van der Waals surface area contributed by atoms with E-state index in [1.54, 1.807) is 13.3 Å². The van der Waals surface area contributed by atoms with Crippen LogP contribution in [0.2, 0.25) is 0 Å². The first-order chi connectivity index (χ1) is 9.08. The molecule has 7 heteroatoms. The van der Waals surface area contributed by atoms with Gasteiger partial charge in [-0.05, 0) is 6.07 Å². The van der Waals surface area contributed by atoms with Crippen LogP contribution >= 0.6 is 0 Å². The maximum Gasteiger partial charge on any atom is 0.250 e. The third-order valence-electron chi connectivity index (χ3n) is 2.47. The van der Waals surface area contributed by atoms with Crippen molar-refractivity contribution in [3.63, 3.8) is 0 Å². The Morgan fingerprint density at radius 1 is 1.42 bits per heavy atom. The van der Waals surface area contributed by atoms with Crippen molar-refractivity contribution in [2.75, 3.05) is 32.8 Å². The van der Waals surface area contributed by atoms with E-state index in [4.69, 9.17) is 15.2 Å². The molecule has 0 aliphatic heterocycles. The molecule has 3 N–H and O–H groups in total. The van der Waals surface area contributed by atoms with Crippen molar-refractivity contribution < 1.29 is 14.3 Å². The zero-order chi connectivity index (χ0) is 14.3. The van der Waals surface area contributed by atoms with Crippen LogP contribution in [0, 0.1) is 0 Å². The number of nitrogens with zero attached hydrogens (tertiary/aromatic N) is 1. The van der Waals surface area contributed by atoms with Gasteiger partial charge in [0.15, 0.2) is 0 Å². The highest BCUT2D eigenvalue weighted by molar-refractivity contribution is 5.94. The van der Waals surface area contributed by atoms with E-state index in [0.29, 0.717) is 18.8 Å². The number of hydrogen-bond donors (Lipinski definition) is 2. The molecule has 0 radical (unpaired) electrons. The van der Waals surface area contributed by atoms with Crippen molar-refractivity contribution >= 4 is 11.6 Å². The van der Waals surface area contributed by atoms with Gasteiger partial charge in [0.05, 0.1) is 18.9 Å². The molecule has 1 rings (SSSR count). The van der Waals surface area contributed by atoms with Crippen LogP contribution in [0.25, 0.3) is 0 Å². The normalized spacial score (nSPS) is 12.2. The fourth-order valence-electron chi connectivity index (χ4n) is 1.46. The van der Waals surface area contributed by atoms with Crippen LogP contribution in [0.4, 0.5) is 5.69 Å². The molecule has 7 nitrogen and oxygen atoms in total. The Kier molecular flexibility index (Phi) is 6.20. The van der Waals surface area contributed by atoms with Gasteiger partial charge < -0.3 is 25.1 Å². The Morgan fingerprint density at radius 2 is 2.16 bits per heavy atom. The molecule has 0 aliphatic carbocycles. The van der Waals surface area contributed by atoms with Gasteiger partial charge in [0.2, 0.25) is 5.91 Å². The molecule has 0 saturated carbocycles. The largest absolute Gasteiger partial charge is 0.383 e. The molecule has 0 bridgehead atoms. The van der Waals surface area contributed by atoms with E-state index in [1.165, 1.54) is 23.8 Å². The monoisotopic (exact) mass is 269 g/mol. The number of rotatable bonds is 7. The summed E-state index contributed by atoms with van der Waals surface area (Å²) in [6.45, 7) is 0.971. The van der Waals surface area contributed by atoms with Crippen LogP contribution in [0.15, 0.2) is 23.1 Å². The van der Waals surface area contributed by atoms with E-state index >= 15 is 0 Å². The van der Waals surface area contributed by atoms with Crippen LogP contribution in [0.3, 0.4) is 0 Å². The standard InChI is InChI=1S/C12H19N3O4/c1-18-6-5-15-7-9(3-4-11(15)16)14-12(17)10(13)8-19-2/h3-4,7,10H,5-6,8,13H2,1-2H3,(H,14,17). The maximum atomic E-state index is 11.7. The second-order valence-corrected chi connectivity index (χ2v) is 3.99. The first-order valence-corrected chi connectivity index (χ1v) is 5.83. The zero-order valence-corrected chi connectivity index (χ0v) is 11.1. The summed E-state index contributed by atoms with van der Waals surface area (Å²) in [6, 6.07) is 2.17. The van der Waals surface area contributed by atoms with Crippen molar-refractivity contribution in [3.05, 3.63) is 28.7 Å². The summed E-state index contributed by atoms with van der Waals surface area (Å²) in [5, 5.41) is 2.63. The molecule has 0 fully saturated rings. The number of aromatic nitrogens is 1. The molecule has 1 atom stereocenters. The lowest BCUT2D eigenvalue weighted by Gasteiger charge is -2.12. The number of nitrogens with one attached hydrogen (secondary N) is 1. The Hall–Kier alpha value is -1.70. The van der Waals surface area contributed by atoms with Crippen LogP contribution in [0.5, 0.6) is 0 Å². The van der Waals surface area contributed by atoms with Gasteiger partial charge in [-0.25, -0.2) is 0 Å². The molecular formula is C12H19N3O4. The summed E-state index contributed by atoms with van der Waals surface area (Å²) < 4.78 is 11.2. The maximum absolute atomic E-state index is 11.7. The van der Waals surface area contributed by atoms with E-state index in [-0.39, 0.29) is 18.1 Å². The minimum Gasteiger partial charge on any atom is -0.383 e. The first-order valence-electron chi connectivity index (χ1n) is 5.83. The van der Waals surface area contributed by atoms with Crippen molar-refractivity contribution in [2.45, 2.75) is 12.6 Å². The highest BCUT2D eigenvalue weighted by Crippen LogP contribution is 2.04. The molecule has 1 aromatic rings.